The van der Waals surface area contributed by atoms with Crippen LogP contribution in [0.3, 0.4) is 0 Å². The van der Waals surface area contributed by atoms with Crippen molar-refractivity contribution in [1.29, 1.82) is 0 Å². The fourth-order valence-electron chi connectivity index (χ4n) is 2.38. The number of benzene rings is 1. The lowest BCUT2D eigenvalue weighted by atomic mass is 10.2. The van der Waals surface area contributed by atoms with Crippen molar-refractivity contribution in [3.63, 3.8) is 0 Å². The van der Waals surface area contributed by atoms with Crippen molar-refractivity contribution in [2.24, 2.45) is 4.99 Å². The number of hydrogen-bond donors (Lipinski definition) is 1. The summed E-state index contributed by atoms with van der Waals surface area (Å²) in [5.74, 6) is 1.87. The SMILES string of the molecule is CN1CCCCC/C1=N\c1nc2ccccc2[nH]1. The minimum Gasteiger partial charge on any atom is -0.363 e. The molecule has 0 aliphatic carbocycles. The number of fused-ring (bicyclic) bond motifs is 1. The number of aromatic amines is 1. The van der Waals surface area contributed by atoms with E-state index in [1.165, 1.54) is 19.3 Å². The van der Waals surface area contributed by atoms with Crippen LogP contribution in [-0.4, -0.2) is 34.3 Å². The van der Waals surface area contributed by atoms with Crippen LogP contribution in [0.1, 0.15) is 25.7 Å². The molecule has 4 heteroatoms. The van der Waals surface area contributed by atoms with Crippen LogP contribution in [0.25, 0.3) is 11.0 Å². The number of H-pyrrole nitrogens is 1. The number of nitrogens with one attached hydrogen (secondary N) is 1. The number of aromatic nitrogens is 2. The van der Waals surface area contributed by atoms with E-state index in [9.17, 15) is 0 Å². The Morgan fingerprint density at radius 1 is 1.22 bits per heavy atom. The summed E-state index contributed by atoms with van der Waals surface area (Å²) in [6, 6.07) is 8.04. The molecule has 2 aromatic rings. The van der Waals surface area contributed by atoms with E-state index < -0.39 is 0 Å². The van der Waals surface area contributed by atoms with Gasteiger partial charge in [0.15, 0.2) is 0 Å². The van der Waals surface area contributed by atoms with Crippen molar-refractivity contribution in [2.45, 2.75) is 25.7 Å². The number of rotatable bonds is 1. The lowest BCUT2D eigenvalue weighted by Gasteiger charge is -2.17. The van der Waals surface area contributed by atoms with Gasteiger partial charge in [0.1, 0.15) is 5.84 Å². The number of nitrogens with zero attached hydrogens (tertiary/aromatic N) is 3. The van der Waals surface area contributed by atoms with Gasteiger partial charge in [-0.2, -0.15) is 4.99 Å². The van der Waals surface area contributed by atoms with E-state index >= 15 is 0 Å². The Hall–Kier alpha value is -1.84. The molecule has 3 rings (SSSR count). The summed E-state index contributed by atoms with van der Waals surface area (Å²) in [6.45, 7) is 1.10. The third kappa shape index (κ3) is 2.23. The quantitative estimate of drug-likeness (QED) is 0.835. The zero-order chi connectivity index (χ0) is 12.4. The molecule has 94 valence electrons. The van der Waals surface area contributed by atoms with Crippen LogP contribution in [0.2, 0.25) is 0 Å². The standard InChI is InChI=1S/C14H18N4/c1-18-10-6-2-3-9-13(18)17-14-15-11-7-4-5-8-12(11)16-14/h4-5,7-8H,2-3,6,9-10H2,1H3,(H,15,16)/b17-13+. The van der Waals surface area contributed by atoms with Crippen molar-refractivity contribution in [2.75, 3.05) is 13.6 Å². The molecule has 1 saturated heterocycles. The summed E-state index contributed by atoms with van der Waals surface area (Å²) in [4.78, 5) is 14.7. The number of amidine groups is 1. The second-order valence-corrected chi connectivity index (χ2v) is 4.84. The Morgan fingerprint density at radius 2 is 2.11 bits per heavy atom. The average molecular weight is 242 g/mol. The van der Waals surface area contributed by atoms with E-state index in [4.69, 9.17) is 0 Å². The Labute approximate surface area is 107 Å². The highest BCUT2D eigenvalue weighted by atomic mass is 15.2. The zero-order valence-electron chi connectivity index (χ0n) is 10.7. The molecule has 0 bridgehead atoms. The maximum Gasteiger partial charge on any atom is 0.229 e. The summed E-state index contributed by atoms with van der Waals surface area (Å²) in [5, 5.41) is 0. The zero-order valence-corrected chi connectivity index (χ0v) is 10.7. The molecule has 1 aromatic carbocycles. The van der Waals surface area contributed by atoms with Crippen LogP contribution < -0.4 is 0 Å². The van der Waals surface area contributed by atoms with Gasteiger partial charge in [0.05, 0.1) is 11.0 Å². The second-order valence-electron chi connectivity index (χ2n) is 4.84. The minimum atomic E-state index is 0.722. The van der Waals surface area contributed by atoms with Gasteiger partial charge in [-0.3, -0.25) is 0 Å². The monoisotopic (exact) mass is 242 g/mol. The van der Waals surface area contributed by atoms with Crippen LogP contribution >= 0.6 is 0 Å². The Morgan fingerprint density at radius 3 is 3.00 bits per heavy atom. The van der Waals surface area contributed by atoms with Crippen LogP contribution in [-0.2, 0) is 0 Å². The summed E-state index contributed by atoms with van der Waals surface area (Å²) >= 11 is 0. The van der Waals surface area contributed by atoms with Crippen molar-refractivity contribution >= 4 is 22.8 Å². The van der Waals surface area contributed by atoms with Crippen LogP contribution in [0.5, 0.6) is 0 Å². The molecule has 1 fully saturated rings. The predicted molar refractivity (Wildman–Crippen MR) is 74.3 cm³/mol. The number of aliphatic imine (C=N–C) groups is 1. The van der Waals surface area contributed by atoms with Gasteiger partial charge in [-0.1, -0.05) is 18.6 Å². The molecule has 2 heterocycles. The lowest BCUT2D eigenvalue weighted by molar-refractivity contribution is 0.494. The fraction of sp³-hybridized carbons (Fsp3) is 0.429. The average Bonchev–Trinajstić information content (AvgIpc) is 2.68. The largest absolute Gasteiger partial charge is 0.363 e. The van der Waals surface area contributed by atoms with E-state index in [1.807, 2.05) is 24.3 Å². The summed E-state index contributed by atoms with van der Waals surface area (Å²) < 4.78 is 0. The molecule has 0 unspecified atom stereocenters. The highest BCUT2D eigenvalue weighted by molar-refractivity contribution is 5.85. The molecule has 1 aromatic heterocycles. The number of imidazole rings is 1. The number of para-hydroxylation sites is 2. The molecule has 0 amide bonds. The van der Waals surface area contributed by atoms with Crippen LogP contribution in [0, 0.1) is 0 Å². The van der Waals surface area contributed by atoms with Gasteiger partial charge in [-0.25, -0.2) is 4.98 Å². The third-order valence-corrected chi connectivity index (χ3v) is 3.45. The Bertz CT molecular complexity index is 537. The van der Waals surface area contributed by atoms with Gasteiger partial charge in [0.25, 0.3) is 0 Å². The first-order valence-corrected chi connectivity index (χ1v) is 6.56. The van der Waals surface area contributed by atoms with Gasteiger partial charge >= 0.3 is 0 Å². The second kappa shape index (κ2) is 4.80. The fourth-order valence-corrected chi connectivity index (χ4v) is 2.38. The van der Waals surface area contributed by atoms with E-state index in [0.29, 0.717) is 0 Å². The van der Waals surface area contributed by atoms with Crippen molar-refractivity contribution in [3.8, 4) is 0 Å². The summed E-state index contributed by atoms with van der Waals surface area (Å²) in [7, 11) is 2.12. The topological polar surface area (TPSA) is 44.3 Å². The molecule has 1 aliphatic heterocycles. The van der Waals surface area contributed by atoms with Gasteiger partial charge in [0.2, 0.25) is 5.95 Å². The molecule has 1 aliphatic rings. The first-order valence-electron chi connectivity index (χ1n) is 6.56. The van der Waals surface area contributed by atoms with Crippen molar-refractivity contribution < 1.29 is 0 Å². The Balaban J connectivity index is 1.93. The first-order chi connectivity index (χ1) is 8.83. The predicted octanol–water partition coefficient (Wildman–Crippen LogP) is 3.10. The molecule has 1 N–H and O–H groups in total. The van der Waals surface area contributed by atoms with Gasteiger partial charge in [-0.05, 0) is 25.0 Å². The summed E-state index contributed by atoms with van der Waals surface area (Å²) in [5.41, 5.74) is 2.03. The van der Waals surface area contributed by atoms with E-state index in [2.05, 4.69) is 26.9 Å². The third-order valence-electron chi connectivity index (χ3n) is 3.45. The van der Waals surface area contributed by atoms with E-state index in [1.54, 1.807) is 0 Å². The normalized spacial score (nSPS) is 19.4. The van der Waals surface area contributed by atoms with Gasteiger partial charge in [0, 0.05) is 20.0 Å². The number of likely N-dealkylation sites (tertiary alicyclic amines) is 1. The van der Waals surface area contributed by atoms with Crippen LogP contribution in [0.4, 0.5) is 5.95 Å². The smallest absolute Gasteiger partial charge is 0.229 e. The van der Waals surface area contributed by atoms with Gasteiger partial charge in [-0.15, -0.1) is 0 Å². The molecule has 0 atom stereocenters. The molecule has 18 heavy (non-hydrogen) atoms. The maximum absolute atomic E-state index is 4.67. The first kappa shape index (κ1) is 11.3. The highest BCUT2D eigenvalue weighted by Crippen LogP contribution is 2.18. The molecule has 4 nitrogen and oxygen atoms in total. The number of hydrogen-bond acceptors (Lipinski definition) is 2. The maximum atomic E-state index is 4.67. The molecule has 0 radical (unpaired) electrons. The lowest BCUT2D eigenvalue weighted by Crippen LogP contribution is -2.25. The molecule has 0 spiro atoms. The minimum absolute atomic E-state index is 0.722. The van der Waals surface area contributed by atoms with Crippen LogP contribution in [0.15, 0.2) is 29.3 Å². The molecular formula is C14H18N4. The molecular weight excluding hydrogens is 224 g/mol. The summed E-state index contributed by atoms with van der Waals surface area (Å²) in [6.07, 6.45) is 4.83. The van der Waals surface area contributed by atoms with Crippen molar-refractivity contribution in [3.05, 3.63) is 24.3 Å². The Kier molecular flexibility index (Phi) is 3.00. The van der Waals surface area contributed by atoms with Crippen molar-refractivity contribution in [1.82, 2.24) is 14.9 Å². The molecule has 0 saturated carbocycles. The highest BCUT2D eigenvalue weighted by Gasteiger charge is 2.11. The van der Waals surface area contributed by atoms with Gasteiger partial charge < -0.3 is 9.88 Å². The van der Waals surface area contributed by atoms with E-state index in [0.717, 1.165) is 35.8 Å². The van der Waals surface area contributed by atoms with E-state index in [-0.39, 0.29) is 0 Å².